The molecular formula is C12H15F3O2. The number of hydrogen-bond donors (Lipinski definition) is 1. The first-order valence-electron chi connectivity index (χ1n) is 5.27. The molecule has 5 heteroatoms. The number of ether oxygens (including phenoxy) is 1. The van der Waals surface area contributed by atoms with E-state index in [1.54, 1.807) is 12.1 Å². The Hall–Kier alpha value is -1.07. The van der Waals surface area contributed by atoms with Crippen LogP contribution in [-0.4, -0.2) is 24.5 Å². The number of aliphatic hydroxyl groups is 1. The fourth-order valence-electron chi connectivity index (χ4n) is 1.34. The SMILES string of the molecule is Cc1ccc(C(O)CCOCC(F)(F)F)cc1. The van der Waals surface area contributed by atoms with Gasteiger partial charge in [0.1, 0.15) is 6.61 Å². The maximum absolute atomic E-state index is 11.8. The Balaban J connectivity index is 2.30. The van der Waals surface area contributed by atoms with E-state index in [1.807, 2.05) is 19.1 Å². The summed E-state index contributed by atoms with van der Waals surface area (Å²) >= 11 is 0. The van der Waals surface area contributed by atoms with Crippen LogP contribution < -0.4 is 0 Å². The summed E-state index contributed by atoms with van der Waals surface area (Å²) in [4.78, 5) is 0. The van der Waals surface area contributed by atoms with Crippen LogP contribution >= 0.6 is 0 Å². The van der Waals surface area contributed by atoms with Crippen molar-refractivity contribution < 1.29 is 23.0 Å². The van der Waals surface area contributed by atoms with E-state index in [9.17, 15) is 18.3 Å². The molecule has 0 amide bonds. The summed E-state index contributed by atoms with van der Waals surface area (Å²) < 4.78 is 39.7. The van der Waals surface area contributed by atoms with Crippen molar-refractivity contribution in [2.75, 3.05) is 13.2 Å². The van der Waals surface area contributed by atoms with E-state index in [-0.39, 0.29) is 13.0 Å². The number of hydrogen-bond acceptors (Lipinski definition) is 2. The molecule has 1 rings (SSSR count). The molecule has 0 fully saturated rings. The van der Waals surface area contributed by atoms with Crippen molar-refractivity contribution in [2.45, 2.75) is 25.6 Å². The number of rotatable bonds is 5. The minimum absolute atomic E-state index is 0.117. The second-order valence-electron chi connectivity index (χ2n) is 3.88. The van der Waals surface area contributed by atoms with Crippen molar-refractivity contribution in [1.82, 2.24) is 0 Å². The van der Waals surface area contributed by atoms with Gasteiger partial charge in [0.15, 0.2) is 0 Å². The van der Waals surface area contributed by atoms with Gasteiger partial charge in [-0.05, 0) is 12.5 Å². The first kappa shape index (κ1) is 14.0. The summed E-state index contributed by atoms with van der Waals surface area (Å²) in [5, 5.41) is 9.68. The Bertz CT molecular complexity index is 333. The minimum atomic E-state index is -4.31. The molecule has 1 unspecified atom stereocenters. The normalized spacial score (nSPS) is 13.7. The predicted molar refractivity (Wildman–Crippen MR) is 57.6 cm³/mol. The molecule has 0 saturated heterocycles. The average molecular weight is 248 g/mol. The molecule has 1 N–H and O–H groups in total. The molecule has 0 heterocycles. The van der Waals surface area contributed by atoms with E-state index in [0.717, 1.165) is 5.56 Å². The van der Waals surface area contributed by atoms with Crippen molar-refractivity contribution >= 4 is 0 Å². The average Bonchev–Trinajstić information content (AvgIpc) is 2.24. The zero-order valence-electron chi connectivity index (χ0n) is 9.50. The van der Waals surface area contributed by atoms with E-state index in [1.165, 1.54) is 0 Å². The van der Waals surface area contributed by atoms with Crippen molar-refractivity contribution in [3.63, 3.8) is 0 Å². The zero-order chi connectivity index (χ0) is 12.9. The summed E-state index contributed by atoms with van der Waals surface area (Å²) in [7, 11) is 0. The highest BCUT2D eigenvalue weighted by Crippen LogP contribution is 2.18. The van der Waals surface area contributed by atoms with Crippen LogP contribution in [0.1, 0.15) is 23.7 Å². The molecule has 1 aromatic carbocycles. The van der Waals surface area contributed by atoms with Crippen LogP contribution in [0.2, 0.25) is 0 Å². The van der Waals surface area contributed by atoms with Gasteiger partial charge in [-0.1, -0.05) is 29.8 Å². The number of aliphatic hydroxyl groups excluding tert-OH is 1. The lowest BCUT2D eigenvalue weighted by Crippen LogP contribution is -2.18. The van der Waals surface area contributed by atoms with E-state index < -0.39 is 18.9 Å². The number of halogens is 3. The molecule has 0 aromatic heterocycles. The Kier molecular flexibility index (Phi) is 4.96. The summed E-state index contributed by atoms with van der Waals surface area (Å²) in [6, 6.07) is 7.19. The van der Waals surface area contributed by atoms with E-state index in [2.05, 4.69) is 4.74 Å². The van der Waals surface area contributed by atoms with Crippen LogP contribution in [0, 0.1) is 6.92 Å². The standard InChI is InChI=1S/C12H15F3O2/c1-9-2-4-10(5-3-9)11(16)6-7-17-8-12(13,14)15/h2-5,11,16H,6-8H2,1H3. The second-order valence-corrected chi connectivity index (χ2v) is 3.88. The lowest BCUT2D eigenvalue weighted by molar-refractivity contribution is -0.175. The Morgan fingerprint density at radius 2 is 1.82 bits per heavy atom. The summed E-state index contributed by atoms with van der Waals surface area (Å²) in [5.41, 5.74) is 1.75. The molecule has 17 heavy (non-hydrogen) atoms. The molecule has 0 radical (unpaired) electrons. The van der Waals surface area contributed by atoms with Gasteiger partial charge in [0.05, 0.1) is 6.10 Å². The van der Waals surface area contributed by atoms with Crippen molar-refractivity contribution in [3.8, 4) is 0 Å². The topological polar surface area (TPSA) is 29.5 Å². The molecule has 0 bridgehead atoms. The predicted octanol–water partition coefficient (Wildman–Crippen LogP) is 3.00. The molecule has 0 aliphatic rings. The summed E-state index contributed by atoms with van der Waals surface area (Å²) in [6.07, 6.45) is -4.95. The van der Waals surface area contributed by atoms with Gasteiger partial charge < -0.3 is 9.84 Å². The van der Waals surface area contributed by atoms with Crippen LogP contribution in [0.3, 0.4) is 0 Å². The lowest BCUT2D eigenvalue weighted by Gasteiger charge is -2.12. The maximum Gasteiger partial charge on any atom is 0.411 e. The van der Waals surface area contributed by atoms with Crippen molar-refractivity contribution in [3.05, 3.63) is 35.4 Å². The Labute approximate surface area is 98.0 Å². The van der Waals surface area contributed by atoms with Crippen LogP contribution in [0.15, 0.2) is 24.3 Å². The largest absolute Gasteiger partial charge is 0.411 e. The van der Waals surface area contributed by atoms with Gasteiger partial charge >= 0.3 is 6.18 Å². The molecule has 0 saturated carbocycles. The molecule has 0 spiro atoms. The van der Waals surface area contributed by atoms with Gasteiger partial charge in [0, 0.05) is 13.0 Å². The van der Waals surface area contributed by atoms with Crippen molar-refractivity contribution in [2.24, 2.45) is 0 Å². The van der Waals surface area contributed by atoms with Gasteiger partial charge in [-0.2, -0.15) is 13.2 Å². The summed E-state index contributed by atoms with van der Waals surface area (Å²) in [5.74, 6) is 0. The smallest absolute Gasteiger partial charge is 0.388 e. The molecule has 0 aliphatic carbocycles. The van der Waals surface area contributed by atoms with Crippen LogP contribution in [0.4, 0.5) is 13.2 Å². The monoisotopic (exact) mass is 248 g/mol. The fraction of sp³-hybridized carbons (Fsp3) is 0.500. The van der Waals surface area contributed by atoms with Crippen LogP contribution in [0.5, 0.6) is 0 Å². The lowest BCUT2D eigenvalue weighted by atomic mass is 10.1. The highest BCUT2D eigenvalue weighted by Gasteiger charge is 2.27. The zero-order valence-corrected chi connectivity index (χ0v) is 9.50. The van der Waals surface area contributed by atoms with Gasteiger partial charge in [0.25, 0.3) is 0 Å². The molecule has 1 atom stereocenters. The fourth-order valence-corrected chi connectivity index (χ4v) is 1.34. The molecular weight excluding hydrogens is 233 g/mol. The first-order valence-corrected chi connectivity index (χ1v) is 5.27. The third-order valence-electron chi connectivity index (χ3n) is 2.26. The third-order valence-corrected chi connectivity index (χ3v) is 2.26. The second kappa shape index (κ2) is 6.02. The minimum Gasteiger partial charge on any atom is -0.388 e. The van der Waals surface area contributed by atoms with Gasteiger partial charge in [-0.3, -0.25) is 0 Å². The van der Waals surface area contributed by atoms with E-state index in [0.29, 0.717) is 5.56 Å². The highest BCUT2D eigenvalue weighted by molar-refractivity contribution is 5.22. The maximum atomic E-state index is 11.8. The van der Waals surface area contributed by atoms with Gasteiger partial charge in [0.2, 0.25) is 0 Å². The molecule has 0 aliphatic heterocycles. The Morgan fingerprint density at radius 3 is 2.35 bits per heavy atom. The highest BCUT2D eigenvalue weighted by atomic mass is 19.4. The van der Waals surface area contributed by atoms with Crippen LogP contribution in [-0.2, 0) is 4.74 Å². The van der Waals surface area contributed by atoms with Crippen molar-refractivity contribution in [1.29, 1.82) is 0 Å². The summed E-state index contributed by atoms with van der Waals surface area (Å²) in [6.45, 7) is 0.533. The van der Waals surface area contributed by atoms with Crippen LogP contribution in [0.25, 0.3) is 0 Å². The molecule has 1 aromatic rings. The Morgan fingerprint density at radius 1 is 1.24 bits per heavy atom. The van der Waals surface area contributed by atoms with E-state index in [4.69, 9.17) is 0 Å². The number of aryl methyl sites for hydroxylation is 1. The number of benzene rings is 1. The first-order chi connectivity index (χ1) is 7.88. The molecule has 2 nitrogen and oxygen atoms in total. The van der Waals surface area contributed by atoms with Gasteiger partial charge in [-0.15, -0.1) is 0 Å². The quantitative estimate of drug-likeness (QED) is 0.812. The number of alkyl halides is 3. The third kappa shape index (κ3) is 5.70. The van der Waals surface area contributed by atoms with E-state index >= 15 is 0 Å². The molecule has 96 valence electrons. The van der Waals surface area contributed by atoms with Gasteiger partial charge in [-0.25, -0.2) is 0 Å².